The first-order chi connectivity index (χ1) is 31.1. The third kappa shape index (κ3) is 9.51. The van der Waals surface area contributed by atoms with E-state index in [0.717, 1.165) is 30.0 Å². The van der Waals surface area contributed by atoms with E-state index in [1.165, 1.54) is 36.4 Å². The van der Waals surface area contributed by atoms with Crippen LogP contribution in [0.5, 0.6) is 0 Å². The smallest absolute Gasteiger partial charge is 0.296 e. The number of ketones is 1. The number of anilines is 3. The highest BCUT2D eigenvalue weighted by Crippen LogP contribution is 2.39. The molecule has 0 aliphatic heterocycles. The molecule has 0 radical (unpaired) electrons. The molecule has 0 heterocycles. The Hall–Kier alpha value is -7.42. The van der Waals surface area contributed by atoms with Crippen molar-refractivity contribution in [2.75, 3.05) is 10.7 Å². The van der Waals surface area contributed by atoms with Crippen molar-refractivity contribution < 1.29 is 56.7 Å². The lowest BCUT2D eigenvalue weighted by molar-refractivity contribution is 0.106. The summed E-state index contributed by atoms with van der Waals surface area (Å²) in [6, 6.07) is 31.6. The number of nitrogens with one attached hydrogen (secondary N) is 2. The standard InChI is InChI=1S/C42H29N7O13S4/c50-42-29-13-10-26(43-25-6-2-1-3-7-25)20-24(29)21-40(66(60,61)62)41(42)49-47-35-16-15-34(30-8-4-5-9-31(30)35)44-46-37-18-17-36(32-14-11-27(22-33(32)37)63(51,52)53)45-48-38-23-28(64(54,55)56)12-19-39(38)65(57,58)59/h1-23,43,47H,(H,51,52,53)(H,54,55,56)(H,57,58,59)(H,60,61,62). The zero-order chi connectivity index (χ0) is 47.2. The number of benzene rings is 7. The molecule has 0 saturated heterocycles. The monoisotopic (exact) mass is 967 g/mol. The van der Waals surface area contributed by atoms with E-state index in [9.17, 15) is 56.7 Å². The molecule has 7 aromatic carbocycles. The molecule has 1 aliphatic rings. The predicted octanol–water partition coefficient (Wildman–Crippen LogP) is 9.20. The Morgan fingerprint density at radius 2 is 1.02 bits per heavy atom. The Morgan fingerprint density at radius 1 is 0.455 bits per heavy atom. The van der Waals surface area contributed by atoms with E-state index in [4.69, 9.17) is 0 Å². The number of carbonyl (C=O) groups is 1. The molecule has 66 heavy (non-hydrogen) atoms. The number of Topliss-reactive ketones (excluding diaryl/α,β-unsaturated/α-hetero) is 1. The van der Waals surface area contributed by atoms with E-state index >= 15 is 0 Å². The minimum atomic E-state index is -4.97. The van der Waals surface area contributed by atoms with Gasteiger partial charge in [-0.3, -0.25) is 28.4 Å². The summed E-state index contributed by atoms with van der Waals surface area (Å²) in [5, 5.41) is 25.0. The molecule has 0 unspecified atom stereocenters. The summed E-state index contributed by atoms with van der Waals surface area (Å²) in [5.74, 6) is -0.778. The van der Waals surface area contributed by atoms with E-state index in [1.807, 2.05) is 30.3 Å². The van der Waals surface area contributed by atoms with Gasteiger partial charge in [0, 0.05) is 38.5 Å². The van der Waals surface area contributed by atoms with Crippen molar-refractivity contribution >= 4 is 119 Å². The van der Waals surface area contributed by atoms with Crippen LogP contribution in [0.1, 0.15) is 15.9 Å². The van der Waals surface area contributed by atoms with Crippen LogP contribution in [-0.4, -0.2) is 63.4 Å². The average Bonchev–Trinajstić information content (AvgIpc) is 3.26. The van der Waals surface area contributed by atoms with Crippen molar-refractivity contribution in [3.8, 4) is 0 Å². The van der Waals surface area contributed by atoms with Crippen LogP contribution in [0.2, 0.25) is 0 Å². The molecule has 20 nitrogen and oxygen atoms in total. The van der Waals surface area contributed by atoms with Gasteiger partial charge in [-0.1, -0.05) is 48.5 Å². The number of hydrazone groups is 1. The summed E-state index contributed by atoms with van der Waals surface area (Å²) in [6.07, 6.45) is 1.15. The number of fused-ring (bicyclic) bond motifs is 3. The first kappa shape index (κ1) is 45.2. The molecule has 0 amide bonds. The number of rotatable bonds is 12. The molecule has 8 rings (SSSR count). The van der Waals surface area contributed by atoms with Crippen molar-refractivity contribution in [2.45, 2.75) is 14.7 Å². The molecule has 1 aliphatic carbocycles. The normalized spacial score (nSPS) is 14.3. The van der Waals surface area contributed by atoms with Gasteiger partial charge in [-0.05, 0) is 96.6 Å². The van der Waals surface area contributed by atoms with Gasteiger partial charge >= 0.3 is 0 Å². The van der Waals surface area contributed by atoms with Crippen LogP contribution in [0.4, 0.5) is 39.8 Å². The van der Waals surface area contributed by atoms with Gasteiger partial charge in [0.25, 0.3) is 40.5 Å². The number of azo groups is 2. The van der Waals surface area contributed by atoms with Crippen molar-refractivity contribution in [1.82, 2.24) is 0 Å². The lowest BCUT2D eigenvalue weighted by Gasteiger charge is -2.18. The lowest BCUT2D eigenvalue weighted by Crippen LogP contribution is -2.27. The maximum Gasteiger partial charge on any atom is 0.296 e. The van der Waals surface area contributed by atoms with Crippen LogP contribution in [0.15, 0.2) is 179 Å². The van der Waals surface area contributed by atoms with Gasteiger partial charge in [-0.25, -0.2) is 0 Å². The van der Waals surface area contributed by atoms with Gasteiger partial charge in [-0.2, -0.15) is 38.8 Å². The fraction of sp³-hybridized carbons (Fsp3) is 0. The number of hydrogen-bond acceptors (Lipinski definition) is 16. The SMILES string of the molecule is O=C1C(=NNc2ccc(N=Nc3ccc(N=Nc4cc(S(=O)(=O)O)ccc4S(=O)(=O)O)c4ccc(S(=O)(=O)O)cc34)c3ccccc23)C(S(=O)(=O)O)=Cc2cc(Nc3ccccc3)ccc21. The molecular formula is C42H29N7O13S4. The van der Waals surface area contributed by atoms with Gasteiger partial charge in [0.05, 0.1) is 32.5 Å². The first-order valence-electron chi connectivity index (χ1n) is 18.7. The summed E-state index contributed by atoms with van der Waals surface area (Å²) in [4.78, 5) is 10.9. The summed E-state index contributed by atoms with van der Waals surface area (Å²) >= 11 is 0. The number of nitrogens with zero attached hydrogens (tertiary/aromatic N) is 5. The van der Waals surface area contributed by atoms with Gasteiger partial charge in [-0.15, -0.1) is 20.5 Å². The van der Waals surface area contributed by atoms with Crippen molar-refractivity contribution in [3.05, 3.63) is 149 Å². The fourth-order valence-corrected chi connectivity index (χ4v) is 9.06. The second kappa shape index (κ2) is 17.2. The molecule has 24 heteroatoms. The Bertz CT molecular complexity index is 3790. The molecule has 7 aromatic rings. The summed E-state index contributed by atoms with van der Waals surface area (Å²) < 4.78 is 136. The van der Waals surface area contributed by atoms with Crippen LogP contribution in [-0.2, 0) is 40.5 Å². The zero-order valence-corrected chi connectivity index (χ0v) is 36.4. The maximum absolute atomic E-state index is 13.7. The van der Waals surface area contributed by atoms with Crippen LogP contribution < -0.4 is 10.7 Å². The molecule has 6 N–H and O–H groups in total. The largest absolute Gasteiger partial charge is 0.356 e. The van der Waals surface area contributed by atoms with E-state index in [0.29, 0.717) is 28.6 Å². The van der Waals surface area contributed by atoms with Crippen LogP contribution in [0.25, 0.3) is 27.6 Å². The first-order valence-corrected chi connectivity index (χ1v) is 24.4. The van der Waals surface area contributed by atoms with Crippen molar-refractivity contribution in [2.24, 2.45) is 25.6 Å². The van der Waals surface area contributed by atoms with Gasteiger partial charge < -0.3 is 5.32 Å². The third-order valence-corrected chi connectivity index (χ3v) is 13.3. The molecule has 0 fully saturated rings. The average molecular weight is 968 g/mol. The second-order valence-electron chi connectivity index (χ2n) is 14.1. The topological polar surface area (TPSA) is 320 Å². The highest BCUT2D eigenvalue weighted by Gasteiger charge is 2.33. The van der Waals surface area contributed by atoms with Gasteiger partial charge in [0.15, 0.2) is 5.71 Å². The second-order valence-corrected chi connectivity index (χ2v) is 19.7. The number of carbonyl (C=O) groups excluding carboxylic acids is 1. The van der Waals surface area contributed by atoms with E-state index in [1.54, 1.807) is 36.4 Å². The van der Waals surface area contributed by atoms with E-state index < -0.39 is 77.2 Å². The van der Waals surface area contributed by atoms with Crippen molar-refractivity contribution in [3.63, 3.8) is 0 Å². The quantitative estimate of drug-likeness (QED) is 0.0377. The molecular weight excluding hydrogens is 939 g/mol. The lowest BCUT2D eigenvalue weighted by atomic mass is 9.94. The molecule has 334 valence electrons. The number of hydrogen-bond donors (Lipinski definition) is 6. The molecule has 0 atom stereocenters. The fourth-order valence-electron chi connectivity index (χ4n) is 6.79. The Labute approximate surface area is 374 Å². The highest BCUT2D eigenvalue weighted by atomic mass is 32.2. The Morgan fingerprint density at radius 3 is 1.65 bits per heavy atom. The van der Waals surface area contributed by atoms with Gasteiger partial charge in [0.1, 0.15) is 15.5 Å². The van der Waals surface area contributed by atoms with Crippen LogP contribution in [0.3, 0.4) is 0 Å². The minimum Gasteiger partial charge on any atom is -0.356 e. The number of para-hydroxylation sites is 1. The molecule has 0 spiro atoms. The van der Waals surface area contributed by atoms with E-state index in [2.05, 4.69) is 36.3 Å². The predicted molar refractivity (Wildman–Crippen MR) is 243 cm³/mol. The van der Waals surface area contributed by atoms with Crippen molar-refractivity contribution in [1.29, 1.82) is 0 Å². The van der Waals surface area contributed by atoms with Gasteiger partial charge in [0.2, 0.25) is 5.78 Å². The highest BCUT2D eigenvalue weighted by molar-refractivity contribution is 7.91. The zero-order valence-electron chi connectivity index (χ0n) is 33.1. The maximum atomic E-state index is 13.7. The Kier molecular flexibility index (Phi) is 11.8. The molecule has 0 bridgehead atoms. The minimum absolute atomic E-state index is 0.0303. The van der Waals surface area contributed by atoms with E-state index in [-0.39, 0.29) is 44.6 Å². The summed E-state index contributed by atoms with van der Waals surface area (Å²) in [5.41, 5.74) is 3.66. The third-order valence-electron chi connectivity index (χ3n) is 9.84. The summed E-state index contributed by atoms with van der Waals surface area (Å²) in [7, 11) is -19.6. The Balaban J connectivity index is 1.14. The van der Waals surface area contributed by atoms with Crippen LogP contribution >= 0.6 is 0 Å². The van der Waals surface area contributed by atoms with Crippen LogP contribution in [0, 0.1) is 0 Å². The molecule has 0 saturated carbocycles. The summed E-state index contributed by atoms with van der Waals surface area (Å²) in [6.45, 7) is 0. The molecule has 0 aromatic heterocycles. The number of allylic oxidation sites excluding steroid dienone is 1.